The van der Waals surface area contributed by atoms with E-state index in [1.54, 1.807) is 18.2 Å². The summed E-state index contributed by atoms with van der Waals surface area (Å²) in [6.45, 7) is 0.852. The number of rotatable bonds is 1. The predicted molar refractivity (Wildman–Crippen MR) is 89.9 cm³/mol. The number of fused-ring (bicyclic) bond motifs is 1. The normalized spacial score (nSPS) is 15.0. The molecule has 3 rings (SSSR count). The van der Waals surface area contributed by atoms with Crippen LogP contribution in [0.15, 0.2) is 47.5 Å². The summed E-state index contributed by atoms with van der Waals surface area (Å²) >= 11 is 12.1. The van der Waals surface area contributed by atoms with Crippen LogP contribution < -0.4 is 10.6 Å². The molecule has 3 nitrogen and oxygen atoms in total. The Hall–Kier alpha value is -1.71. The minimum atomic E-state index is 0.436. The first kappa shape index (κ1) is 14.2. The number of guanidine groups is 1. The molecule has 0 fully saturated rings. The van der Waals surface area contributed by atoms with Gasteiger partial charge in [-0.15, -0.1) is 0 Å². The topological polar surface area (TPSA) is 41.6 Å². The molecule has 108 valence electrons. The lowest BCUT2D eigenvalue weighted by Gasteiger charge is -2.30. The van der Waals surface area contributed by atoms with Crippen molar-refractivity contribution in [1.29, 1.82) is 0 Å². The van der Waals surface area contributed by atoms with E-state index in [-0.39, 0.29) is 0 Å². The van der Waals surface area contributed by atoms with E-state index in [1.165, 1.54) is 5.56 Å². The molecule has 0 aliphatic carbocycles. The lowest BCUT2D eigenvalue weighted by atomic mass is 10.0. The minimum absolute atomic E-state index is 0.436. The zero-order valence-corrected chi connectivity index (χ0v) is 12.9. The second kappa shape index (κ2) is 5.96. The number of aliphatic imine (C=N–C) groups is 1. The van der Waals surface area contributed by atoms with Gasteiger partial charge in [0.2, 0.25) is 5.96 Å². The molecule has 2 aromatic carbocycles. The third kappa shape index (κ3) is 2.99. The lowest BCUT2D eigenvalue weighted by molar-refractivity contribution is 0.775. The summed E-state index contributed by atoms with van der Waals surface area (Å²) in [4.78, 5) is 6.47. The summed E-state index contributed by atoms with van der Waals surface area (Å²) in [6, 6.07) is 13.4. The van der Waals surface area contributed by atoms with Crippen LogP contribution >= 0.6 is 23.2 Å². The molecule has 2 aromatic rings. The third-order valence-corrected chi connectivity index (χ3v) is 4.08. The highest BCUT2D eigenvalue weighted by Gasteiger charge is 2.19. The van der Waals surface area contributed by atoms with Crippen molar-refractivity contribution in [2.24, 2.45) is 10.7 Å². The van der Waals surface area contributed by atoms with Crippen molar-refractivity contribution in [1.82, 2.24) is 0 Å². The van der Waals surface area contributed by atoms with Gasteiger partial charge in [0.25, 0.3) is 0 Å². The summed E-state index contributed by atoms with van der Waals surface area (Å²) in [7, 11) is 0. The molecule has 1 aliphatic rings. The Kier molecular flexibility index (Phi) is 4.04. The van der Waals surface area contributed by atoms with Crippen LogP contribution in [0, 0.1) is 0 Å². The van der Waals surface area contributed by atoms with E-state index in [0.29, 0.717) is 21.7 Å². The van der Waals surface area contributed by atoms with Crippen molar-refractivity contribution in [3.63, 3.8) is 0 Å². The number of benzene rings is 2. The highest BCUT2D eigenvalue weighted by molar-refractivity contribution is 6.35. The average Bonchev–Trinajstić information content (AvgIpc) is 2.50. The lowest BCUT2D eigenvalue weighted by Crippen LogP contribution is -2.40. The molecular formula is C16H15Cl2N3. The van der Waals surface area contributed by atoms with Gasteiger partial charge in [0, 0.05) is 17.3 Å². The number of aryl methyl sites for hydroxylation is 1. The second-order valence-corrected chi connectivity index (χ2v) is 5.79. The van der Waals surface area contributed by atoms with Gasteiger partial charge in [-0.1, -0.05) is 41.4 Å². The summed E-state index contributed by atoms with van der Waals surface area (Å²) in [5, 5.41) is 1.12. The van der Waals surface area contributed by atoms with Gasteiger partial charge in [-0.2, -0.15) is 0 Å². The maximum Gasteiger partial charge on any atom is 0.201 e. The van der Waals surface area contributed by atoms with Gasteiger partial charge >= 0.3 is 0 Å². The number of anilines is 1. The van der Waals surface area contributed by atoms with E-state index >= 15 is 0 Å². The Labute approximate surface area is 134 Å². The van der Waals surface area contributed by atoms with Crippen molar-refractivity contribution < 1.29 is 0 Å². The molecule has 5 heteroatoms. The molecule has 0 atom stereocenters. The average molecular weight is 320 g/mol. The van der Waals surface area contributed by atoms with Crippen LogP contribution in [-0.2, 0) is 6.42 Å². The molecular weight excluding hydrogens is 305 g/mol. The predicted octanol–water partition coefficient (Wildman–Crippen LogP) is 4.39. The van der Waals surface area contributed by atoms with Crippen molar-refractivity contribution in [2.75, 3.05) is 11.4 Å². The van der Waals surface area contributed by atoms with Gasteiger partial charge in [0.1, 0.15) is 0 Å². The van der Waals surface area contributed by atoms with Crippen LogP contribution in [0.25, 0.3) is 0 Å². The first-order chi connectivity index (χ1) is 10.1. The fourth-order valence-electron chi connectivity index (χ4n) is 2.53. The van der Waals surface area contributed by atoms with E-state index in [0.717, 1.165) is 25.1 Å². The largest absolute Gasteiger partial charge is 0.369 e. The zero-order chi connectivity index (χ0) is 14.8. The van der Waals surface area contributed by atoms with Crippen molar-refractivity contribution in [3.8, 4) is 0 Å². The minimum Gasteiger partial charge on any atom is -0.369 e. The smallest absolute Gasteiger partial charge is 0.201 e. The van der Waals surface area contributed by atoms with Crippen LogP contribution in [0.2, 0.25) is 10.0 Å². The maximum atomic E-state index is 6.19. The quantitative estimate of drug-likeness (QED) is 0.625. The SMILES string of the molecule is NC(=Nc1cc(Cl)ccc1Cl)N1CCCc2ccccc21. The van der Waals surface area contributed by atoms with Crippen LogP contribution in [0.4, 0.5) is 11.4 Å². The first-order valence-corrected chi connectivity index (χ1v) is 7.55. The molecule has 21 heavy (non-hydrogen) atoms. The molecule has 1 heterocycles. The Balaban J connectivity index is 1.97. The molecule has 0 spiro atoms. The van der Waals surface area contributed by atoms with Crippen molar-refractivity contribution in [2.45, 2.75) is 12.8 Å². The number of hydrogen-bond donors (Lipinski definition) is 1. The summed E-state index contributed by atoms with van der Waals surface area (Å²) in [5.74, 6) is 0.436. The first-order valence-electron chi connectivity index (χ1n) is 6.80. The molecule has 0 unspecified atom stereocenters. The van der Waals surface area contributed by atoms with Gasteiger partial charge in [-0.25, -0.2) is 4.99 Å². The fraction of sp³-hybridized carbons (Fsp3) is 0.188. The highest BCUT2D eigenvalue weighted by Crippen LogP contribution is 2.30. The summed E-state index contributed by atoms with van der Waals surface area (Å²) < 4.78 is 0. The van der Waals surface area contributed by atoms with Crippen molar-refractivity contribution >= 4 is 40.5 Å². The third-order valence-electron chi connectivity index (χ3n) is 3.53. The van der Waals surface area contributed by atoms with Crippen LogP contribution in [0.5, 0.6) is 0 Å². The standard InChI is InChI=1S/C16H15Cl2N3/c17-12-7-8-13(18)14(10-12)20-16(19)21-9-3-5-11-4-1-2-6-15(11)21/h1-2,4,6-8,10H,3,5,9H2,(H2,19,20). The Morgan fingerprint density at radius 3 is 2.81 bits per heavy atom. The Bertz CT molecular complexity index is 698. The monoisotopic (exact) mass is 319 g/mol. The highest BCUT2D eigenvalue weighted by atomic mass is 35.5. The van der Waals surface area contributed by atoms with Crippen LogP contribution in [-0.4, -0.2) is 12.5 Å². The molecule has 0 bridgehead atoms. The second-order valence-electron chi connectivity index (χ2n) is 4.95. The van der Waals surface area contributed by atoms with Gasteiger partial charge in [-0.3, -0.25) is 0 Å². The number of halogens is 2. The van der Waals surface area contributed by atoms with E-state index < -0.39 is 0 Å². The van der Waals surface area contributed by atoms with Crippen molar-refractivity contribution in [3.05, 3.63) is 58.1 Å². The summed E-state index contributed by atoms with van der Waals surface area (Å²) in [5.41, 5.74) is 9.18. The van der Waals surface area contributed by atoms with E-state index in [4.69, 9.17) is 28.9 Å². The van der Waals surface area contributed by atoms with E-state index in [9.17, 15) is 0 Å². The fourth-order valence-corrected chi connectivity index (χ4v) is 2.85. The van der Waals surface area contributed by atoms with Gasteiger partial charge in [-0.05, 0) is 42.7 Å². The molecule has 0 amide bonds. The van der Waals surface area contributed by atoms with Gasteiger partial charge in [0.05, 0.1) is 10.7 Å². The molecule has 2 N–H and O–H groups in total. The molecule has 0 saturated heterocycles. The number of nitrogens with zero attached hydrogens (tertiary/aromatic N) is 2. The molecule has 1 aliphatic heterocycles. The molecule has 0 radical (unpaired) electrons. The van der Waals surface area contributed by atoms with Gasteiger partial charge in [0.15, 0.2) is 0 Å². The Morgan fingerprint density at radius 2 is 1.95 bits per heavy atom. The number of para-hydroxylation sites is 1. The zero-order valence-electron chi connectivity index (χ0n) is 11.4. The molecule has 0 saturated carbocycles. The van der Waals surface area contributed by atoms with E-state index in [2.05, 4.69) is 17.1 Å². The molecule has 0 aromatic heterocycles. The van der Waals surface area contributed by atoms with E-state index in [1.807, 2.05) is 17.0 Å². The number of nitrogens with two attached hydrogens (primary N) is 1. The maximum absolute atomic E-state index is 6.19. The Morgan fingerprint density at radius 1 is 1.14 bits per heavy atom. The van der Waals surface area contributed by atoms with Crippen LogP contribution in [0.1, 0.15) is 12.0 Å². The van der Waals surface area contributed by atoms with Crippen LogP contribution in [0.3, 0.4) is 0 Å². The number of hydrogen-bond acceptors (Lipinski definition) is 1. The summed E-state index contributed by atoms with van der Waals surface area (Å²) in [6.07, 6.45) is 2.12. The van der Waals surface area contributed by atoms with Gasteiger partial charge < -0.3 is 10.6 Å².